The molecule has 15 heavy (non-hydrogen) atoms. The molecule has 0 aliphatic rings. The minimum atomic E-state index is -0.543. The molecular weight excluding hydrogens is 260 g/mol. The summed E-state index contributed by atoms with van der Waals surface area (Å²) in [7, 11) is 1.26. The zero-order valence-corrected chi connectivity index (χ0v) is 9.65. The van der Waals surface area contributed by atoms with Crippen LogP contribution in [0.15, 0.2) is 40.9 Å². The summed E-state index contributed by atoms with van der Waals surface area (Å²) in [4.78, 5) is 22.2. The lowest BCUT2D eigenvalue weighted by atomic mass is 10.1. The highest BCUT2D eigenvalue weighted by Crippen LogP contribution is 2.12. The van der Waals surface area contributed by atoms with Gasteiger partial charge in [0, 0.05) is 16.1 Å². The van der Waals surface area contributed by atoms with Crippen molar-refractivity contribution >= 4 is 27.7 Å². The largest absolute Gasteiger partial charge is 0.466 e. The van der Waals surface area contributed by atoms with Gasteiger partial charge in [-0.15, -0.1) is 0 Å². The average molecular weight is 269 g/mol. The van der Waals surface area contributed by atoms with Crippen LogP contribution in [0.1, 0.15) is 10.4 Å². The summed E-state index contributed by atoms with van der Waals surface area (Å²) in [6.45, 7) is 0. The van der Waals surface area contributed by atoms with Crippen LogP contribution >= 0.6 is 15.9 Å². The Morgan fingerprint density at radius 1 is 1.33 bits per heavy atom. The summed E-state index contributed by atoms with van der Waals surface area (Å²) in [5, 5.41) is 0. The highest BCUT2D eigenvalue weighted by Gasteiger charge is 2.02. The van der Waals surface area contributed by atoms with E-state index in [1.807, 2.05) is 6.07 Å². The van der Waals surface area contributed by atoms with Crippen molar-refractivity contribution in [3.05, 3.63) is 46.5 Å². The molecule has 0 N–H and O–H groups in total. The van der Waals surface area contributed by atoms with E-state index in [0.717, 1.165) is 10.5 Å². The van der Waals surface area contributed by atoms with Gasteiger partial charge >= 0.3 is 5.97 Å². The number of ketones is 1. The molecule has 0 amide bonds. The van der Waals surface area contributed by atoms with Crippen molar-refractivity contribution in [2.45, 2.75) is 0 Å². The van der Waals surface area contributed by atoms with Gasteiger partial charge in [0.15, 0.2) is 5.78 Å². The van der Waals surface area contributed by atoms with E-state index in [1.165, 1.54) is 13.2 Å². The second kappa shape index (κ2) is 5.46. The molecular formula is C11H9BrO3. The van der Waals surface area contributed by atoms with Gasteiger partial charge in [0.1, 0.15) is 0 Å². The molecule has 0 saturated heterocycles. The first-order valence-corrected chi connectivity index (χ1v) is 4.98. The quantitative estimate of drug-likeness (QED) is 0.480. The van der Waals surface area contributed by atoms with Crippen LogP contribution in [0.3, 0.4) is 0 Å². The highest BCUT2D eigenvalue weighted by atomic mass is 79.9. The molecule has 0 heterocycles. The van der Waals surface area contributed by atoms with Crippen molar-refractivity contribution in [3.63, 3.8) is 0 Å². The zero-order chi connectivity index (χ0) is 11.3. The molecule has 0 atom stereocenters. The number of esters is 1. The Hall–Kier alpha value is -1.42. The van der Waals surface area contributed by atoms with E-state index in [1.54, 1.807) is 18.2 Å². The van der Waals surface area contributed by atoms with Gasteiger partial charge in [-0.3, -0.25) is 4.79 Å². The van der Waals surface area contributed by atoms with Crippen LogP contribution in [0.4, 0.5) is 0 Å². The molecule has 0 saturated carbocycles. The molecule has 1 aromatic carbocycles. The fraction of sp³-hybridized carbons (Fsp3) is 0.0909. The van der Waals surface area contributed by atoms with E-state index in [4.69, 9.17) is 0 Å². The Morgan fingerprint density at radius 3 is 2.67 bits per heavy atom. The van der Waals surface area contributed by atoms with Crippen molar-refractivity contribution in [3.8, 4) is 0 Å². The number of hydrogen-bond acceptors (Lipinski definition) is 3. The maximum absolute atomic E-state index is 11.5. The second-order valence-corrected chi connectivity index (χ2v) is 3.65. The predicted molar refractivity (Wildman–Crippen MR) is 59.6 cm³/mol. The van der Waals surface area contributed by atoms with E-state index in [9.17, 15) is 9.59 Å². The third kappa shape index (κ3) is 3.67. The predicted octanol–water partition coefficient (Wildman–Crippen LogP) is 2.36. The van der Waals surface area contributed by atoms with Gasteiger partial charge in [0.25, 0.3) is 0 Å². The van der Waals surface area contributed by atoms with E-state index >= 15 is 0 Å². The molecule has 0 bridgehead atoms. The Kier molecular flexibility index (Phi) is 4.24. The Labute approximate surface area is 95.9 Å². The SMILES string of the molecule is COC(=O)/C=C/C(=O)c1cccc(Br)c1. The second-order valence-electron chi connectivity index (χ2n) is 2.73. The molecule has 0 radical (unpaired) electrons. The van der Waals surface area contributed by atoms with E-state index < -0.39 is 5.97 Å². The molecule has 0 unspecified atom stereocenters. The number of hydrogen-bond donors (Lipinski definition) is 0. The fourth-order valence-electron chi connectivity index (χ4n) is 0.950. The first-order chi connectivity index (χ1) is 7.13. The third-order valence-electron chi connectivity index (χ3n) is 1.68. The summed E-state index contributed by atoms with van der Waals surface area (Å²) in [6, 6.07) is 6.93. The van der Waals surface area contributed by atoms with E-state index in [2.05, 4.69) is 20.7 Å². The lowest BCUT2D eigenvalue weighted by Gasteiger charge is -1.96. The topological polar surface area (TPSA) is 43.4 Å². The number of carbonyl (C=O) groups is 2. The van der Waals surface area contributed by atoms with Gasteiger partial charge in [0.05, 0.1) is 7.11 Å². The van der Waals surface area contributed by atoms with Gasteiger partial charge < -0.3 is 4.74 Å². The number of halogens is 1. The molecule has 1 rings (SSSR count). The molecule has 0 aliphatic carbocycles. The standard InChI is InChI=1S/C11H9BrO3/c1-15-11(14)6-5-10(13)8-3-2-4-9(12)7-8/h2-7H,1H3/b6-5+. The van der Waals surface area contributed by atoms with Crippen molar-refractivity contribution in [1.82, 2.24) is 0 Å². The summed E-state index contributed by atoms with van der Waals surface area (Å²) in [6.07, 6.45) is 2.29. The monoisotopic (exact) mass is 268 g/mol. The van der Waals surface area contributed by atoms with Crippen LogP contribution in [0.5, 0.6) is 0 Å². The Balaban J connectivity index is 2.78. The number of benzene rings is 1. The number of methoxy groups -OCH3 is 1. The van der Waals surface area contributed by atoms with Crippen LogP contribution in [0.2, 0.25) is 0 Å². The molecule has 1 aromatic rings. The lowest BCUT2D eigenvalue weighted by molar-refractivity contribution is -0.134. The van der Waals surface area contributed by atoms with Gasteiger partial charge in [0.2, 0.25) is 0 Å². The van der Waals surface area contributed by atoms with Crippen LogP contribution in [0.25, 0.3) is 0 Å². The molecule has 0 aromatic heterocycles. The van der Waals surface area contributed by atoms with E-state index in [-0.39, 0.29) is 5.78 Å². The van der Waals surface area contributed by atoms with Crippen molar-refractivity contribution in [2.75, 3.05) is 7.11 Å². The highest BCUT2D eigenvalue weighted by molar-refractivity contribution is 9.10. The van der Waals surface area contributed by atoms with Gasteiger partial charge in [-0.25, -0.2) is 4.79 Å². The summed E-state index contributed by atoms with van der Waals surface area (Å²) in [5.74, 6) is -0.778. The van der Waals surface area contributed by atoms with Crippen LogP contribution < -0.4 is 0 Å². The maximum atomic E-state index is 11.5. The third-order valence-corrected chi connectivity index (χ3v) is 2.17. The van der Waals surface area contributed by atoms with Crippen molar-refractivity contribution in [2.24, 2.45) is 0 Å². The summed E-state index contributed by atoms with van der Waals surface area (Å²) in [5.41, 5.74) is 0.518. The molecule has 0 fully saturated rings. The molecule has 0 aliphatic heterocycles. The van der Waals surface area contributed by atoms with Crippen molar-refractivity contribution < 1.29 is 14.3 Å². The number of allylic oxidation sites excluding steroid dienone is 1. The van der Waals surface area contributed by atoms with Crippen molar-refractivity contribution in [1.29, 1.82) is 0 Å². The lowest BCUT2D eigenvalue weighted by Crippen LogP contribution is -1.98. The smallest absolute Gasteiger partial charge is 0.330 e. The number of ether oxygens (including phenoxy) is 1. The normalized spacial score (nSPS) is 10.3. The van der Waals surface area contributed by atoms with E-state index in [0.29, 0.717) is 5.56 Å². The Bertz CT molecular complexity index is 410. The van der Waals surface area contributed by atoms with Gasteiger partial charge in [-0.05, 0) is 18.2 Å². The molecule has 4 heteroatoms. The van der Waals surface area contributed by atoms with Gasteiger partial charge in [-0.1, -0.05) is 28.1 Å². The number of rotatable bonds is 3. The Morgan fingerprint density at radius 2 is 2.07 bits per heavy atom. The number of carbonyl (C=O) groups excluding carboxylic acids is 2. The zero-order valence-electron chi connectivity index (χ0n) is 8.07. The minimum absolute atomic E-state index is 0.235. The summed E-state index contributed by atoms with van der Waals surface area (Å²) < 4.78 is 5.19. The van der Waals surface area contributed by atoms with Crippen LogP contribution in [-0.2, 0) is 9.53 Å². The fourth-order valence-corrected chi connectivity index (χ4v) is 1.35. The summed E-state index contributed by atoms with van der Waals surface area (Å²) >= 11 is 3.26. The van der Waals surface area contributed by atoms with Crippen LogP contribution in [-0.4, -0.2) is 18.9 Å². The van der Waals surface area contributed by atoms with Gasteiger partial charge in [-0.2, -0.15) is 0 Å². The first kappa shape index (κ1) is 11.7. The average Bonchev–Trinajstić information content (AvgIpc) is 2.25. The first-order valence-electron chi connectivity index (χ1n) is 4.19. The molecule has 0 spiro atoms. The minimum Gasteiger partial charge on any atom is -0.466 e. The molecule has 78 valence electrons. The maximum Gasteiger partial charge on any atom is 0.330 e. The van der Waals surface area contributed by atoms with Crippen LogP contribution in [0, 0.1) is 0 Å². The molecule has 3 nitrogen and oxygen atoms in total.